The molecular weight excluding hydrogens is 310 g/mol. The Hall–Kier alpha value is -2.29. The van der Waals surface area contributed by atoms with Crippen molar-refractivity contribution < 1.29 is 9.53 Å². The number of hydrogen-bond acceptors (Lipinski definition) is 2. The summed E-state index contributed by atoms with van der Waals surface area (Å²) in [7, 11) is 0. The molecule has 132 valence electrons. The summed E-state index contributed by atoms with van der Waals surface area (Å²) in [5, 5.41) is 0. The maximum absolute atomic E-state index is 12.9. The van der Waals surface area contributed by atoms with Crippen LogP contribution in [0.3, 0.4) is 0 Å². The zero-order valence-corrected chi connectivity index (χ0v) is 15.6. The van der Waals surface area contributed by atoms with Gasteiger partial charge < -0.3 is 9.64 Å². The molecule has 1 amide bonds. The van der Waals surface area contributed by atoms with E-state index in [2.05, 4.69) is 44.2 Å². The molecule has 0 bridgehead atoms. The van der Waals surface area contributed by atoms with Crippen molar-refractivity contribution in [3.8, 4) is 5.75 Å². The molecular formula is C22H27NO2. The smallest absolute Gasteiger partial charge is 0.263 e. The van der Waals surface area contributed by atoms with E-state index < -0.39 is 6.10 Å². The molecule has 0 spiro atoms. The second-order valence-corrected chi connectivity index (χ2v) is 7.23. The fourth-order valence-electron chi connectivity index (χ4n) is 3.40. The second kappa shape index (κ2) is 7.30. The molecule has 0 saturated heterocycles. The number of rotatable bonds is 4. The van der Waals surface area contributed by atoms with Crippen molar-refractivity contribution in [1.82, 2.24) is 4.90 Å². The number of carbonyl (C=O) groups is 1. The zero-order chi connectivity index (χ0) is 18.0. The minimum absolute atomic E-state index is 0.0608. The topological polar surface area (TPSA) is 29.5 Å². The Bertz CT molecular complexity index is 766. The normalized spacial score (nSPS) is 15.0. The van der Waals surface area contributed by atoms with Gasteiger partial charge in [0.2, 0.25) is 0 Å². The Morgan fingerprint density at radius 3 is 2.52 bits per heavy atom. The van der Waals surface area contributed by atoms with E-state index in [-0.39, 0.29) is 5.91 Å². The van der Waals surface area contributed by atoms with Gasteiger partial charge in [0, 0.05) is 13.1 Å². The fraction of sp³-hybridized carbons (Fsp3) is 0.409. The maximum Gasteiger partial charge on any atom is 0.263 e. The average Bonchev–Trinajstić information content (AvgIpc) is 2.60. The molecule has 0 fully saturated rings. The van der Waals surface area contributed by atoms with Gasteiger partial charge in [-0.2, -0.15) is 0 Å². The summed E-state index contributed by atoms with van der Waals surface area (Å²) in [4.78, 5) is 14.8. The predicted octanol–water partition coefficient (Wildman–Crippen LogP) is 4.47. The van der Waals surface area contributed by atoms with E-state index in [1.54, 1.807) is 0 Å². The van der Waals surface area contributed by atoms with Crippen molar-refractivity contribution in [3.63, 3.8) is 0 Å². The first-order valence-corrected chi connectivity index (χ1v) is 9.08. The van der Waals surface area contributed by atoms with E-state index in [0.29, 0.717) is 12.5 Å². The van der Waals surface area contributed by atoms with Crippen LogP contribution < -0.4 is 4.74 Å². The van der Waals surface area contributed by atoms with Gasteiger partial charge in [0.1, 0.15) is 5.75 Å². The molecule has 1 heterocycles. The predicted molar refractivity (Wildman–Crippen MR) is 101 cm³/mol. The van der Waals surface area contributed by atoms with Crippen LogP contribution in [0.4, 0.5) is 0 Å². The first-order valence-electron chi connectivity index (χ1n) is 9.08. The molecule has 25 heavy (non-hydrogen) atoms. The third kappa shape index (κ3) is 3.87. The lowest BCUT2D eigenvalue weighted by Crippen LogP contribution is -2.43. The lowest BCUT2D eigenvalue weighted by atomic mass is 9.99. The summed E-state index contributed by atoms with van der Waals surface area (Å²) in [6.07, 6.45) is 0.431. The van der Waals surface area contributed by atoms with Crippen molar-refractivity contribution >= 4 is 5.91 Å². The number of fused-ring (bicyclic) bond motifs is 1. The summed E-state index contributed by atoms with van der Waals surface area (Å²) in [6.45, 7) is 9.62. The van der Waals surface area contributed by atoms with E-state index in [4.69, 9.17) is 4.74 Å². The molecule has 2 aromatic carbocycles. The Labute approximate surface area is 150 Å². The highest BCUT2D eigenvalue weighted by molar-refractivity contribution is 5.81. The summed E-state index contributed by atoms with van der Waals surface area (Å²) in [5.41, 5.74) is 4.88. The molecule has 2 aromatic rings. The first-order chi connectivity index (χ1) is 12.0. The SMILES string of the molecule is Cc1ccc(C(C)C)c(OC(C)C(=O)N2CCc3ccccc3C2)c1. The molecule has 3 rings (SSSR count). The molecule has 3 heteroatoms. The van der Waals surface area contributed by atoms with Crippen LogP contribution in [0.5, 0.6) is 5.75 Å². The molecule has 1 aliphatic rings. The highest BCUT2D eigenvalue weighted by atomic mass is 16.5. The van der Waals surface area contributed by atoms with Gasteiger partial charge in [-0.3, -0.25) is 4.79 Å². The monoisotopic (exact) mass is 337 g/mol. The van der Waals surface area contributed by atoms with Gasteiger partial charge >= 0.3 is 0 Å². The van der Waals surface area contributed by atoms with Gasteiger partial charge in [-0.05, 0) is 54.5 Å². The minimum Gasteiger partial charge on any atom is -0.481 e. The van der Waals surface area contributed by atoms with Gasteiger partial charge in [0.05, 0.1) is 0 Å². The summed E-state index contributed by atoms with van der Waals surface area (Å²) < 4.78 is 6.10. The van der Waals surface area contributed by atoms with Crippen LogP contribution in [0.25, 0.3) is 0 Å². The van der Waals surface area contributed by atoms with E-state index in [9.17, 15) is 4.79 Å². The second-order valence-electron chi connectivity index (χ2n) is 7.23. The summed E-state index contributed by atoms with van der Waals surface area (Å²) in [5.74, 6) is 1.25. The van der Waals surface area contributed by atoms with Gasteiger partial charge in [-0.15, -0.1) is 0 Å². The van der Waals surface area contributed by atoms with Crippen molar-refractivity contribution in [1.29, 1.82) is 0 Å². The molecule has 1 unspecified atom stereocenters. The van der Waals surface area contributed by atoms with Crippen molar-refractivity contribution in [3.05, 3.63) is 64.7 Å². The zero-order valence-electron chi connectivity index (χ0n) is 15.6. The van der Waals surface area contributed by atoms with Gasteiger partial charge in [-0.25, -0.2) is 0 Å². The number of carbonyl (C=O) groups excluding carboxylic acids is 1. The number of benzene rings is 2. The van der Waals surface area contributed by atoms with Gasteiger partial charge in [-0.1, -0.05) is 50.2 Å². The lowest BCUT2D eigenvalue weighted by molar-refractivity contribution is -0.138. The number of nitrogens with zero attached hydrogens (tertiary/aromatic N) is 1. The largest absolute Gasteiger partial charge is 0.481 e. The lowest BCUT2D eigenvalue weighted by Gasteiger charge is -2.31. The number of amides is 1. The van der Waals surface area contributed by atoms with E-state index in [1.807, 2.05) is 30.9 Å². The van der Waals surface area contributed by atoms with Crippen molar-refractivity contribution in [2.24, 2.45) is 0 Å². The number of aryl methyl sites for hydroxylation is 1. The van der Waals surface area contributed by atoms with Crippen LogP contribution in [0.2, 0.25) is 0 Å². The Morgan fingerprint density at radius 2 is 1.80 bits per heavy atom. The van der Waals surface area contributed by atoms with Gasteiger partial charge in [0.25, 0.3) is 5.91 Å². The quantitative estimate of drug-likeness (QED) is 0.824. The van der Waals surface area contributed by atoms with E-state index in [0.717, 1.165) is 29.8 Å². The summed E-state index contributed by atoms with van der Waals surface area (Å²) >= 11 is 0. The molecule has 3 nitrogen and oxygen atoms in total. The highest BCUT2D eigenvalue weighted by Gasteiger charge is 2.26. The van der Waals surface area contributed by atoms with Gasteiger partial charge in [0.15, 0.2) is 6.10 Å². The van der Waals surface area contributed by atoms with Crippen LogP contribution in [0.15, 0.2) is 42.5 Å². The Kier molecular flexibility index (Phi) is 5.12. The third-order valence-corrected chi connectivity index (χ3v) is 4.88. The standard InChI is InChI=1S/C22H27NO2/c1-15(2)20-10-9-16(3)13-21(20)25-17(4)22(24)23-12-11-18-7-5-6-8-19(18)14-23/h5-10,13,15,17H,11-12,14H2,1-4H3. The molecule has 1 atom stereocenters. The average molecular weight is 337 g/mol. The third-order valence-electron chi connectivity index (χ3n) is 4.88. The van der Waals surface area contributed by atoms with Crippen LogP contribution >= 0.6 is 0 Å². The molecule has 0 aromatic heterocycles. The maximum atomic E-state index is 12.9. The Morgan fingerprint density at radius 1 is 1.08 bits per heavy atom. The first kappa shape index (κ1) is 17.5. The summed E-state index contributed by atoms with van der Waals surface area (Å²) in [6, 6.07) is 14.6. The van der Waals surface area contributed by atoms with Crippen LogP contribution in [-0.4, -0.2) is 23.5 Å². The molecule has 0 aliphatic carbocycles. The van der Waals surface area contributed by atoms with E-state index >= 15 is 0 Å². The minimum atomic E-state index is -0.482. The van der Waals surface area contributed by atoms with Crippen molar-refractivity contribution in [2.75, 3.05) is 6.54 Å². The van der Waals surface area contributed by atoms with Crippen LogP contribution in [0.1, 0.15) is 48.9 Å². The molecule has 0 radical (unpaired) electrons. The molecule has 0 N–H and O–H groups in total. The highest BCUT2D eigenvalue weighted by Crippen LogP contribution is 2.29. The van der Waals surface area contributed by atoms with Crippen LogP contribution in [0, 0.1) is 6.92 Å². The number of hydrogen-bond donors (Lipinski definition) is 0. The fourth-order valence-corrected chi connectivity index (χ4v) is 3.40. The number of ether oxygens (including phenoxy) is 1. The molecule has 0 saturated carbocycles. The van der Waals surface area contributed by atoms with Crippen LogP contribution in [-0.2, 0) is 17.8 Å². The Balaban J connectivity index is 1.73. The molecule has 1 aliphatic heterocycles. The van der Waals surface area contributed by atoms with Crippen molar-refractivity contribution in [2.45, 2.75) is 52.7 Å². The van der Waals surface area contributed by atoms with E-state index in [1.165, 1.54) is 11.1 Å².